The fourth-order valence-electron chi connectivity index (χ4n) is 2.20. The van der Waals surface area contributed by atoms with E-state index in [4.69, 9.17) is 0 Å². The van der Waals surface area contributed by atoms with Gasteiger partial charge in [-0.05, 0) is 37.6 Å². The van der Waals surface area contributed by atoms with Crippen LogP contribution in [0.25, 0.3) is 0 Å². The van der Waals surface area contributed by atoms with E-state index in [9.17, 15) is 0 Å². The maximum Gasteiger partial charge on any atom is 0.0596 e. The quantitative estimate of drug-likeness (QED) is 0.859. The summed E-state index contributed by atoms with van der Waals surface area (Å²) in [4.78, 5) is 0. The molecule has 0 spiro atoms. The Morgan fingerprint density at radius 1 is 1.37 bits per heavy atom. The summed E-state index contributed by atoms with van der Waals surface area (Å²) >= 11 is 0. The minimum absolute atomic E-state index is 0.255. The van der Waals surface area contributed by atoms with Gasteiger partial charge in [0.2, 0.25) is 0 Å². The number of aryl methyl sites for hydroxylation is 2. The van der Waals surface area contributed by atoms with Gasteiger partial charge in [-0.1, -0.05) is 6.92 Å². The minimum Gasteiger partial charge on any atom is -0.310 e. The average molecular weight is 259 g/mol. The first-order chi connectivity index (χ1) is 9.20. The van der Waals surface area contributed by atoms with Crippen molar-refractivity contribution >= 4 is 0 Å². The molecule has 0 bridgehead atoms. The minimum atomic E-state index is 0.255. The van der Waals surface area contributed by atoms with Crippen LogP contribution in [0, 0.1) is 6.92 Å². The molecule has 5 nitrogen and oxygen atoms in total. The van der Waals surface area contributed by atoms with Crippen molar-refractivity contribution in [3.63, 3.8) is 0 Å². The Morgan fingerprint density at radius 2 is 2.21 bits per heavy atom. The first kappa shape index (κ1) is 13.7. The molecule has 2 aromatic rings. The second-order valence-corrected chi connectivity index (χ2v) is 4.79. The maximum absolute atomic E-state index is 4.40. The molecule has 5 heteroatoms. The number of hydrogen-bond donors (Lipinski definition) is 1. The van der Waals surface area contributed by atoms with Crippen LogP contribution in [-0.4, -0.2) is 26.5 Å². The summed E-state index contributed by atoms with van der Waals surface area (Å²) in [7, 11) is 1.99. The van der Waals surface area contributed by atoms with E-state index in [1.54, 1.807) is 6.20 Å². The predicted octanol–water partition coefficient (Wildman–Crippen LogP) is 1.80. The molecule has 0 saturated carbocycles. The zero-order chi connectivity index (χ0) is 13.7. The smallest absolute Gasteiger partial charge is 0.0596 e. The van der Waals surface area contributed by atoms with Gasteiger partial charge in [0.1, 0.15) is 0 Å². The highest BCUT2D eigenvalue weighted by Crippen LogP contribution is 2.17. The molecular formula is C14H21N5. The normalized spacial score (nSPS) is 12.6. The van der Waals surface area contributed by atoms with Gasteiger partial charge in [0.25, 0.3) is 0 Å². The number of aromatic nitrogens is 4. The van der Waals surface area contributed by atoms with E-state index in [1.165, 1.54) is 11.3 Å². The van der Waals surface area contributed by atoms with Gasteiger partial charge in [0.15, 0.2) is 0 Å². The molecule has 2 rings (SSSR count). The van der Waals surface area contributed by atoms with Crippen LogP contribution in [0.4, 0.5) is 0 Å². The SMILES string of the molecule is CCCNC(Cc1cc(C)nn1C)c1ccnnc1. The molecule has 1 atom stereocenters. The molecule has 19 heavy (non-hydrogen) atoms. The highest BCUT2D eigenvalue weighted by molar-refractivity contribution is 5.17. The number of rotatable bonds is 6. The van der Waals surface area contributed by atoms with Crippen molar-refractivity contribution in [1.29, 1.82) is 0 Å². The molecule has 1 unspecified atom stereocenters. The fourth-order valence-corrected chi connectivity index (χ4v) is 2.20. The van der Waals surface area contributed by atoms with Gasteiger partial charge in [-0.2, -0.15) is 15.3 Å². The van der Waals surface area contributed by atoms with Crippen molar-refractivity contribution in [3.05, 3.63) is 41.5 Å². The van der Waals surface area contributed by atoms with E-state index in [2.05, 4.69) is 33.6 Å². The number of hydrogen-bond acceptors (Lipinski definition) is 4. The predicted molar refractivity (Wildman–Crippen MR) is 74.7 cm³/mol. The molecule has 2 aromatic heterocycles. The summed E-state index contributed by atoms with van der Waals surface area (Å²) in [6.45, 7) is 5.18. The molecule has 102 valence electrons. The van der Waals surface area contributed by atoms with Gasteiger partial charge in [-0.15, -0.1) is 0 Å². The highest BCUT2D eigenvalue weighted by Gasteiger charge is 2.14. The van der Waals surface area contributed by atoms with E-state index in [0.29, 0.717) is 0 Å². The van der Waals surface area contributed by atoms with E-state index in [0.717, 1.165) is 25.1 Å². The maximum atomic E-state index is 4.40. The Hall–Kier alpha value is -1.75. The zero-order valence-electron chi connectivity index (χ0n) is 11.8. The number of nitrogens with one attached hydrogen (secondary N) is 1. The third-order valence-corrected chi connectivity index (χ3v) is 3.16. The largest absolute Gasteiger partial charge is 0.310 e. The zero-order valence-corrected chi connectivity index (χ0v) is 11.8. The van der Waals surface area contributed by atoms with Crippen molar-refractivity contribution in [3.8, 4) is 0 Å². The van der Waals surface area contributed by atoms with E-state index in [-0.39, 0.29) is 6.04 Å². The summed E-state index contributed by atoms with van der Waals surface area (Å²) in [5.74, 6) is 0. The van der Waals surface area contributed by atoms with Crippen LogP contribution >= 0.6 is 0 Å². The number of nitrogens with zero attached hydrogens (tertiary/aromatic N) is 4. The fraction of sp³-hybridized carbons (Fsp3) is 0.500. The van der Waals surface area contributed by atoms with Crippen LogP contribution in [0.2, 0.25) is 0 Å². The molecule has 0 aromatic carbocycles. The molecule has 0 radical (unpaired) electrons. The molecule has 0 saturated heterocycles. The van der Waals surface area contributed by atoms with E-state index in [1.807, 2.05) is 30.9 Å². The molecule has 0 amide bonds. The van der Waals surface area contributed by atoms with Crippen LogP contribution in [-0.2, 0) is 13.5 Å². The second-order valence-electron chi connectivity index (χ2n) is 4.79. The molecule has 0 fully saturated rings. The highest BCUT2D eigenvalue weighted by atomic mass is 15.3. The summed E-state index contributed by atoms with van der Waals surface area (Å²) in [6, 6.07) is 4.41. The van der Waals surface area contributed by atoms with Crippen LogP contribution in [0.15, 0.2) is 24.5 Å². The molecule has 1 N–H and O–H groups in total. The lowest BCUT2D eigenvalue weighted by Gasteiger charge is -2.18. The first-order valence-electron chi connectivity index (χ1n) is 6.70. The van der Waals surface area contributed by atoms with Crippen LogP contribution in [0.3, 0.4) is 0 Å². The van der Waals surface area contributed by atoms with Gasteiger partial charge in [-0.25, -0.2) is 0 Å². The van der Waals surface area contributed by atoms with E-state index < -0.39 is 0 Å². The van der Waals surface area contributed by atoms with Gasteiger partial charge >= 0.3 is 0 Å². The summed E-state index contributed by atoms with van der Waals surface area (Å²) in [6.07, 6.45) is 5.59. The lowest BCUT2D eigenvalue weighted by molar-refractivity contribution is 0.510. The molecule has 0 aliphatic rings. The van der Waals surface area contributed by atoms with Gasteiger partial charge in [-0.3, -0.25) is 4.68 Å². The van der Waals surface area contributed by atoms with Crippen LogP contribution in [0.1, 0.15) is 36.3 Å². The van der Waals surface area contributed by atoms with Crippen molar-refractivity contribution in [2.24, 2.45) is 7.05 Å². The van der Waals surface area contributed by atoms with Gasteiger partial charge in [0, 0.05) is 31.4 Å². The Bertz CT molecular complexity index is 506. The third-order valence-electron chi connectivity index (χ3n) is 3.16. The molecule has 0 aliphatic carbocycles. The third kappa shape index (κ3) is 3.61. The molecular weight excluding hydrogens is 238 g/mol. The van der Waals surface area contributed by atoms with E-state index >= 15 is 0 Å². The van der Waals surface area contributed by atoms with Gasteiger partial charge < -0.3 is 5.32 Å². The van der Waals surface area contributed by atoms with Crippen LogP contribution in [0.5, 0.6) is 0 Å². The lowest BCUT2D eigenvalue weighted by atomic mass is 10.0. The van der Waals surface area contributed by atoms with Crippen molar-refractivity contribution in [1.82, 2.24) is 25.3 Å². The Balaban J connectivity index is 2.16. The lowest BCUT2D eigenvalue weighted by Crippen LogP contribution is -2.25. The monoisotopic (exact) mass is 259 g/mol. The van der Waals surface area contributed by atoms with Gasteiger partial charge in [0.05, 0.1) is 11.9 Å². The van der Waals surface area contributed by atoms with Crippen molar-refractivity contribution in [2.45, 2.75) is 32.7 Å². The first-order valence-corrected chi connectivity index (χ1v) is 6.70. The molecule has 2 heterocycles. The standard InChI is InChI=1S/C14H21N5/c1-4-6-15-14(12-5-7-16-17-10-12)9-13-8-11(2)18-19(13)3/h5,7-8,10,14-15H,4,6,9H2,1-3H3. The molecule has 0 aliphatic heterocycles. The Morgan fingerprint density at radius 3 is 2.79 bits per heavy atom. The second kappa shape index (κ2) is 6.43. The summed E-state index contributed by atoms with van der Waals surface area (Å²) in [5.41, 5.74) is 3.45. The average Bonchev–Trinajstić information content (AvgIpc) is 2.73. The summed E-state index contributed by atoms with van der Waals surface area (Å²) in [5, 5.41) is 15.8. The topological polar surface area (TPSA) is 55.6 Å². The summed E-state index contributed by atoms with van der Waals surface area (Å²) < 4.78 is 1.95. The van der Waals surface area contributed by atoms with Crippen molar-refractivity contribution < 1.29 is 0 Å². The van der Waals surface area contributed by atoms with Crippen molar-refractivity contribution in [2.75, 3.05) is 6.54 Å². The Kier molecular flexibility index (Phi) is 4.63. The van der Waals surface area contributed by atoms with Crippen LogP contribution < -0.4 is 5.32 Å². The Labute approximate surface area is 114 Å².